The van der Waals surface area contributed by atoms with Crippen molar-refractivity contribution in [2.75, 3.05) is 6.61 Å². The summed E-state index contributed by atoms with van der Waals surface area (Å²) in [4.78, 5) is 16.1. The van der Waals surface area contributed by atoms with E-state index < -0.39 is 0 Å². The average molecular weight is 263 g/mol. The van der Waals surface area contributed by atoms with Crippen LogP contribution in [0.25, 0.3) is 11.1 Å². The molecule has 1 atom stereocenters. The largest absolute Gasteiger partial charge is 0.394 e. The van der Waals surface area contributed by atoms with Crippen molar-refractivity contribution < 1.29 is 14.4 Å². The molecule has 6 nitrogen and oxygen atoms in total. The number of carbonyl (C=O) groups excluding carboxylic acids is 1. The molecule has 0 aliphatic carbocycles. The zero-order valence-electron chi connectivity index (χ0n) is 11.2. The molecule has 6 heteroatoms. The van der Waals surface area contributed by atoms with E-state index in [1.54, 1.807) is 13.0 Å². The van der Waals surface area contributed by atoms with Gasteiger partial charge in [0.2, 0.25) is 0 Å². The number of nitrogens with zero attached hydrogens (tertiary/aromatic N) is 2. The van der Waals surface area contributed by atoms with Crippen LogP contribution in [0.15, 0.2) is 16.8 Å². The number of aliphatic hydroxyl groups excluding tert-OH is 1. The van der Waals surface area contributed by atoms with Crippen LogP contribution in [0.2, 0.25) is 0 Å². The van der Waals surface area contributed by atoms with E-state index in [4.69, 9.17) is 4.52 Å². The Balaban J connectivity index is 2.23. The Kier molecular flexibility index (Phi) is 3.80. The summed E-state index contributed by atoms with van der Waals surface area (Å²) in [5.74, 6) is -0.106. The fourth-order valence-electron chi connectivity index (χ4n) is 1.74. The van der Waals surface area contributed by atoms with Crippen molar-refractivity contribution in [3.05, 3.63) is 23.5 Å². The minimum absolute atomic E-state index is 0.0919. The molecule has 0 radical (unpaired) electrons. The quantitative estimate of drug-likeness (QED) is 0.867. The van der Waals surface area contributed by atoms with Gasteiger partial charge in [0.05, 0.1) is 29.3 Å². The van der Waals surface area contributed by atoms with Gasteiger partial charge in [-0.3, -0.25) is 4.79 Å². The number of amides is 1. The number of aromatic nitrogens is 2. The lowest BCUT2D eigenvalue weighted by atomic mass is 10.0. The van der Waals surface area contributed by atoms with Crippen molar-refractivity contribution in [1.82, 2.24) is 15.5 Å². The first-order chi connectivity index (χ1) is 9.02. The summed E-state index contributed by atoms with van der Waals surface area (Å²) < 4.78 is 4.99. The molecular weight excluding hydrogens is 246 g/mol. The third kappa shape index (κ3) is 2.73. The van der Waals surface area contributed by atoms with Gasteiger partial charge in [-0.1, -0.05) is 19.0 Å². The van der Waals surface area contributed by atoms with Crippen molar-refractivity contribution in [3.63, 3.8) is 0 Å². The van der Waals surface area contributed by atoms with Crippen LogP contribution < -0.4 is 5.32 Å². The van der Waals surface area contributed by atoms with Gasteiger partial charge in [-0.2, -0.15) is 0 Å². The van der Waals surface area contributed by atoms with E-state index in [0.717, 1.165) is 5.39 Å². The summed E-state index contributed by atoms with van der Waals surface area (Å²) in [5.41, 5.74) is 1.54. The molecule has 0 saturated heterocycles. The molecule has 2 N–H and O–H groups in total. The van der Waals surface area contributed by atoms with Gasteiger partial charge in [0.15, 0.2) is 0 Å². The highest BCUT2D eigenvalue weighted by Gasteiger charge is 2.17. The minimum Gasteiger partial charge on any atom is -0.394 e. The van der Waals surface area contributed by atoms with Crippen molar-refractivity contribution in [2.24, 2.45) is 5.92 Å². The first-order valence-electron chi connectivity index (χ1n) is 6.16. The normalized spacial score (nSPS) is 12.9. The molecular formula is C13H17N3O3. The Morgan fingerprint density at radius 2 is 2.26 bits per heavy atom. The Morgan fingerprint density at radius 1 is 1.53 bits per heavy atom. The minimum atomic E-state index is -0.272. The summed E-state index contributed by atoms with van der Waals surface area (Å²) in [7, 11) is 0. The van der Waals surface area contributed by atoms with Crippen LogP contribution in [0.4, 0.5) is 0 Å². The summed E-state index contributed by atoms with van der Waals surface area (Å²) in [6.07, 6.45) is 1.44. The highest BCUT2D eigenvalue weighted by atomic mass is 16.5. The molecule has 2 aromatic heterocycles. The summed E-state index contributed by atoms with van der Waals surface area (Å²) in [5, 5.41) is 16.5. The fourth-order valence-corrected chi connectivity index (χ4v) is 1.74. The number of rotatable bonds is 4. The highest BCUT2D eigenvalue weighted by molar-refractivity contribution is 5.97. The molecule has 0 spiro atoms. The van der Waals surface area contributed by atoms with E-state index in [0.29, 0.717) is 17.0 Å². The van der Waals surface area contributed by atoms with Crippen LogP contribution in [-0.2, 0) is 0 Å². The van der Waals surface area contributed by atoms with Gasteiger partial charge in [-0.25, -0.2) is 4.98 Å². The van der Waals surface area contributed by atoms with Crippen LogP contribution in [0.5, 0.6) is 0 Å². The Hall–Kier alpha value is -1.95. The van der Waals surface area contributed by atoms with Crippen LogP contribution in [-0.4, -0.2) is 33.8 Å². The second-order valence-corrected chi connectivity index (χ2v) is 4.85. The molecule has 0 aliphatic rings. The molecule has 0 bridgehead atoms. The molecule has 1 unspecified atom stereocenters. The van der Waals surface area contributed by atoms with Crippen LogP contribution in [0, 0.1) is 12.8 Å². The first kappa shape index (κ1) is 13.5. The number of hydrogen-bond acceptors (Lipinski definition) is 5. The molecule has 0 saturated carbocycles. The lowest BCUT2D eigenvalue weighted by Crippen LogP contribution is -2.41. The first-order valence-corrected chi connectivity index (χ1v) is 6.16. The average Bonchev–Trinajstić information content (AvgIpc) is 2.76. The molecule has 0 fully saturated rings. The molecule has 2 rings (SSSR count). The smallest absolute Gasteiger partial charge is 0.257 e. The predicted octanol–water partition coefficient (Wildman–Crippen LogP) is 1.28. The zero-order valence-corrected chi connectivity index (χ0v) is 11.2. The van der Waals surface area contributed by atoms with Gasteiger partial charge >= 0.3 is 0 Å². The monoisotopic (exact) mass is 263 g/mol. The predicted molar refractivity (Wildman–Crippen MR) is 69.7 cm³/mol. The van der Waals surface area contributed by atoms with Gasteiger partial charge in [0.1, 0.15) is 0 Å². The van der Waals surface area contributed by atoms with E-state index in [9.17, 15) is 9.90 Å². The van der Waals surface area contributed by atoms with Crippen LogP contribution >= 0.6 is 0 Å². The maximum absolute atomic E-state index is 12.1. The molecule has 0 aromatic carbocycles. The lowest BCUT2D eigenvalue weighted by Gasteiger charge is -2.19. The Bertz CT molecular complexity index is 592. The second kappa shape index (κ2) is 5.36. The van der Waals surface area contributed by atoms with Gasteiger partial charge in [0.25, 0.3) is 11.6 Å². The highest BCUT2D eigenvalue weighted by Crippen LogP contribution is 2.16. The lowest BCUT2D eigenvalue weighted by molar-refractivity contribution is 0.0896. The van der Waals surface area contributed by atoms with E-state index in [1.165, 1.54) is 6.20 Å². The number of pyridine rings is 1. The van der Waals surface area contributed by atoms with Crippen molar-refractivity contribution in [3.8, 4) is 0 Å². The molecule has 2 aromatic rings. The van der Waals surface area contributed by atoms with Gasteiger partial charge in [0, 0.05) is 6.20 Å². The summed E-state index contributed by atoms with van der Waals surface area (Å²) >= 11 is 0. The molecule has 0 aliphatic heterocycles. The van der Waals surface area contributed by atoms with E-state index in [-0.39, 0.29) is 24.5 Å². The SMILES string of the molecule is Cc1noc2ncc(C(=O)NC(CO)C(C)C)cc12. The number of carbonyl (C=O) groups is 1. The fraction of sp³-hybridized carbons (Fsp3) is 0.462. The van der Waals surface area contributed by atoms with E-state index in [1.807, 2.05) is 13.8 Å². The van der Waals surface area contributed by atoms with Gasteiger partial charge in [-0.15, -0.1) is 0 Å². The number of nitrogens with one attached hydrogen (secondary N) is 1. The second-order valence-electron chi connectivity index (χ2n) is 4.85. The number of fused-ring (bicyclic) bond motifs is 1. The van der Waals surface area contributed by atoms with E-state index in [2.05, 4.69) is 15.5 Å². The van der Waals surface area contributed by atoms with Crippen molar-refractivity contribution in [2.45, 2.75) is 26.8 Å². The summed E-state index contributed by atoms with van der Waals surface area (Å²) in [6, 6.07) is 1.42. The Morgan fingerprint density at radius 3 is 2.89 bits per heavy atom. The number of hydrogen-bond donors (Lipinski definition) is 2. The van der Waals surface area contributed by atoms with Crippen LogP contribution in [0.3, 0.4) is 0 Å². The molecule has 102 valence electrons. The Labute approximate surface area is 110 Å². The maximum atomic E-state index is 12.1. The maximum Gasteiger partial charge on any atom is 0.257 e. The van der Waals surface area contributed by atoms with Crippen LogP contribution in [0.1, 0.15) is 29.9 Å². The number of aryl methyl sites for hydroxylation is 1. The summed E-state index contributed by atoms with van der Waals surface area (Å²) in [6.45, 7) is 5.57. The topological polar surface area (TPSA) is 88.2 Å². The molecule has 1 amide bonds. The number of aliphatic hydroxyl groups is 1. The zero-order chi connectivity index (χ0) is 14.0. The van der Waals surface area contributed by atoms with Gasteiger partial charge in [-0.05, 0) is 18.9 Å². The van der Waals surface area contributed by atoms with Crippen molar-refractivity contribution >= 4 is 17.0 Å². The van der Waals surface area contributed by atoms with Crippen molar-refractivity contribution in [1.29, 1.82) is 0 Å². The molecule has 2 heterocycles. The van der Waals surface area contributed by atoms with Gasteiger partial charge < -0.3 is 14.9 Å². The molecule has 19 heavy (non-hydrogen) atoms. The third-order valence-electron chi connectivity index (χ3n) is 3.09. The third-order valence-corrected chi connectivity index (χ3v) is 3.09. The van der Waals surface area contributed by atoms with E-state index >= 15 is 0 Å². The standard InChI is InChI=1S/C13H17N3O3/c1-7(2)11(6-17)15-12(18)9-4-10-8(3)16-19-13(10)14-5-9/h4-5,7,11,17H,6H2,1-3H3,(H,15,18).